The first kappa shape index (κ1) is 16.0. The molecule has 2 nitrogen and oxygen atoms in total. The standard InChI is InChI=1S/C15H29NOS2/c1-4-16-14(8-7-13-6-5-9-17-13)15-10-18-11(2)12(3)19-15/h11-16H,4-10H2,1-3H3. The van der Waals surface area contributed by atoms with E-state index in [1.54, 1.807) is 0 Å². The van der Waals surface area contributed by atoms with Crippen LogP contribution >= 0.6 is 23.5 Å². The lowest BCUT2D eigenvalue weighted by Gasteiger charge is -2.36. The minimum absolute atomic E-state index is 0.541. The van der Waals surface area contributed by atoms with E-state index in [9.17, 15) is 0 Å². The van der Waals surface area contributed by atoms with Gasteiger partial charge in [0.2, 0.25) is 0 Å². The van der Waals surface area contributed by atoms with Crippen LogP contribution in [0.2, 0.25) is 0 Å². The molecule has 2 heterocycles. The lowest BCUT2D eigenvalue weighted by Crippen LogP contribution is -2.43. The molecule has 0 radical (unpaired) electrons. The molecule has 112 valence electrons. The first-order valence-corrected chi connectivity index (χ1v) is 9.82. The maximum absolute atomic E-state index is 5.77. The Balaban J connectivity index is 1.80. The number of thioether (sulfide) groups is 2. The highest BCUT2D eigenvalue weighted by Gasteiger charge is 2.31. The molecule has 0 bridgehead atoms. The van der Waals surface area contributed by atoms with Crippen LogP contribution in [0.3, 0.4) is 0 Å². The SMILES string of the molecule is CCNC(CCC1CCCO1)C1CSC(C)C(C)S1. The molecule has 0 saturated carbocycles. The van der Waals surface area contributed by atoms with Gasteiger partial charge in [-0.3, -0.25) is 0 Å². The summed E-state index contributed by atoms with van der Waals surface area (Å²) in [5.41, 5.74) is 0. The fourth-order valence-corrected chi connectivity index (χ4v) is 6.11. The van der Waals surface area contributed by atoms with Crippen LogP contribution in [0.1, 0.15) is 46.5 Å². The molecule has 2 aliphatic rings. The van der Waals surface area contributed by atoms with E-state index >= 15 is 0 Å². The molecule has 0 spiro atoms. The van der Waals surface area contributed by atoms with E-state index in [1.165, 1.54) is 31.4 Å². The smallest absolute Gasteiger partial charge is 0.0576 e. The maximum atomic E-state index is 5.77. The van der Waals surface area contributed by atoms with Crippen LogP contribution in [0.4, 0.5) is 0 Å². The molecule has 19 heavy (non-hydrogen) atoms. The molecule has 2 aliphatic heterocycles. The number of hydrogen-bond donors (Lipinski definition) is 1. The number of hydrogen-bond acceptors (Lipinski definition) is 4. The van der Waals surface area contributed by atoms with Gasteiger partial charge in [0.1, 0.15) is 0 Å². The third-order valence-electron chi connectivity index (χ3n) is 4.31. The van der Waals surface area contributed by atoms with Crippen LogP contribution < -0.4 is 5.32 Å². The molecule has 0 aromatic rings. The molecule has 5 unspecified atom stereocenters. The van der Waals surface area contributed by atoms with Crippen molar-refractivity contribution in [2.75, 3.05) is 18.9 Å². The molecule has 0 amide bonds. The van der Waals surface area contributed by atoms with Gasteiger partial charge in [-0.15, -0.1) is 0 Å². The molecule has 4 heteroatoms. The van der Waals surface area contributed by atoms with E-state index in [0.717, 1.165) is 28.9 Å². The number of rotatable bonds is 6. The van der Waals surface area contributed by atoms with Gasteiger partial charge in [0.25, 0.3) is 0 Å². The van der Waals surface area contributed by atoms with Crippen LogP contribution in [-0.4, -0.2) is 46.8 Å². The van der Waals surface area contributed by atoms with Crippen LogP contribution in [0.25, 0.3) is 0 Å². The normalized spacial score (nSPS) is 37.4. The first-order chi connectivity index (χ1) is 9.20. The Kier molecular flexibility index (Phi) is 6.87. The van der Waals surface area contributed by atoms with E-state index in [-0.39, 0.29) is 0 Å². The summed E-state index contributed by atoms with van der Waals surface area (Å²) < 4.78 is 5.77. The average molecular weight is 304 g/mol. The quantitative estimate of drug-likeness (QED) is 0.810. The second-order valence-electron chi connectivity index (χ2n) is 5.79. The summed E-state index contributed by atoms with van der Waals surface area (Å²) in [7, 11) is 0. The predicted molar refractivity (Wildman–Crippen MR) is 88.4 cm³/mol. The van der Waals surface area contributed by atoms with Crippen molar-refractivity contribution in [3.05, 3.63) is 0 Å². The Morgan fingerprint density at radius 2 is 2.16 bits per heavy atom. The van der Waals surface area contributed by atoms with Crippen LogP contribution in [0.15, 0.2) is 0 Å². The second kappa shape index (κ2) is 8.16. The van der Waals surface area contributed by atoms with Gasteiger partial charge in [-0.1, -0.05) is 20.8 Å². The Morgan fingerprint density at radius 3 is 2.79 bits per heavy atom. The summed E-state index contributed by atoms with van der Waals surface area (Å²) >= 11 is 4.36. The van der Waals surface area contributed by atoms with Crippen molar-refractivity contribution in [1.29, 1.82) is 0 Å². The van der Waals surface area contributed by atoms with Gasteiger partial charge >= 0.3 is 0 Å². The minimum atomic E-state index is 0.541. The fraction of sp³-hybridized carbons (Fsp3) is 1.00. The Morgan fingerprint density at radius 1 is 1.32 bits per heavy atom. The highest BCUT2D eigenvalue weighted by Crippen LogP contribution is 2.38. The van der Waals surface area contributed by atoms with Crippen molar-refractivity contribution in [2.24, 2.45) is 0 Å². The molecule has 5 atom stereocenters. The Bertz CT molecular complexity index is 259. The van der Waals surface area contributed by atoms with Gasteiger partial charge in [0.05, 0.1) is 6.10 Å². The third-order valence-corrected chi connectivity index (χ3v) is 7.86. The van der Waals surface area contributed by atoms with Crippen molar-refractivity contribution >= 4 is 23.5 Å². The third kappa shape index (κ3) is 4.83. The first-order valence-electron chi connectivity index (χ1n) is 7.82. The van der Waals surface area contributed by atoms with Gasteiger partial charge in [-0.2, -0.15) is 23.5 Å². The summed E-state index contributed by atoms with van der Waals surface area (Å²) in [5, 5.41) is 6.09. The lowest BCUT2D eigenvalue weighted by atomic mass is 10.0. The summed E-state index contributed by atoms with van der Waals surface area (Å²) in [6.45, 7) is 9.05. The molecular weight excluding hydrogens is 274 g/mol. The van der Waals surface area contributed by atoms with Crippen LogP contribution in [-0.2, 0) is 4.74 Å². The highest BCUT2D eigenvalue weighted by atomic mass is 32.2. The van der Waals surface area contributed by atoms with E-state index in [1.807, 2.05) is 0 Å². The topological polar surface area (TPSA) is 21.3 Å². The van der Waals surface area contributed by atoms with Crippen molar-refractivity contribution in [1.82, 2.24) is 5.32 Å². The fourth-order valence-electron chi connectivity index (χ4n) is 2.94. The Hall–Kier alpha value is 0.620. The van der Waals surface area contributed by atoms with E-state index in [0.29, 0.717) is 12.1 Å². The zero-order valence-corrected chi connectivity index (χ0v) is 14.2. The van der Waals surface area contributed by atoms with Crippen molar-refractivity contribution < 1.29 is 4.74 Å². The second-order valence-corrected chi connectivity index (χ2v) is 8.83. The summed E-state index contributed by atoms with van der Waals surface area (Å²) in [4.78, 5) is 0. The monoisotopic (exact) mass is 303 g/mol. The zero-order chi connectivity index (χ0) is 13.7. The van der Waals surface area contributed by atoms with E-state index < -0.39 is 0 Å². The zero-order valence-electron chi connectivity index (χ0n) is 12.6. The van der Waals surface area contributed by atoms with Crippen molar-refractivity contribution in [2.45, 2.75) is 74.4 Å². The Labute approximate surface area is 127 Å². The molecular formula is C15H29NOS2. The van der Waals surface area contributed by atoms with E-state index in [4.69, 9.17) is 4.74 Å². The summed E-state index contributed by atoms with van der Waals surface area (Å²) in [6.07, 6.45) is 5.60. The average Bonchev–Trinajstić information content (AvgIpc) is 2.91. The molecule has 2 saturated heterocycles. The summed E-state index contributed by atoms with van der Waals surface area (Å²) in [6, 6.07) is 0.668. The predicted octanol–water partition coefficient (Wildman–Crippen LogP) is 3.55. The molecule has 2 rings (SSSR count). The van der Waals surface area contributed by atoms with Gasteiger partial charge in [-0.05, 0) is 32.2 Å². The molecule has 0 aliphatic carbocycles. The molecule has 2 fully saturated rings. The number of ether oxygens (including phenoxy) is 1. The van der Waals surface area contributed by atoms with Gasteiger partial charge in [0.15, 0.2) is 0 Å². The molecule has 1 N–H and O–H groups in total. The van der Waals surface area contributed by atoms with Crippen LogP contribution in [0.5, 0.6) is 0 Å². The van der Waals surface area contributed by atoms with Crippen molar-refractivity contribution in [3.63, 3.8) is 0 Å². The maximum Gasteiger partial charge on any atom is 0.0576 e. The molecule has 0 aromatic carbocycles. The molecule has 0 aromatic heterocycles. The van der Waals surface area contributed by atoms with Gasteiger partial charge < -0.3 is 10.1 Å². The lowest BCUT2D eigenvalue weighted by molar-refractivity contribution is 0.0997. The summed E-state index contributed by atoms with van der Waals surface area (Å²) in [5.74, 6) is 1.30. The van der Waals surface area contributed by atoms with Gasteiger partial charge in [0, 0.05) is 34.2 Å². The van der Waals surface area contributed by atoms with Gasteiger partial charge in [-0.25, -0.2) is 0 Å². The largest absolute Gasteiger partial charge is 0.378 e. The highest BCUT2D eigenvalue weighted by molar-refractivity contribution is 8.07. The van der Waals surface area contributed by atoms with Crippen molar-refractivity contribution in [3.8, 4) is 0 Å². The number of nitrogens with one attached hydrogen (secondary N) is 1. The van der Waals surface area contributed by atoms with E-state index in [2.05, 4.69) is 49.6 Å². The van der Waals surface area contributed by atoms with Crippen LogP contribution in [0, 0.1) is 0 Å². The minimum Gasteiger partial charge on any atom is -0.378 e.